The molecule has 0 aliphatic carbocycles. The average Bonchev–Trinajstić information content (AvgIpc) is 3.57. The standard InChI is InChI=1S/4C20H15.Sn/c4*1-4-10-17(11-5-1)16-20(18-12-6-2-7-13-18)19-14-8-3-9-15-19;/h4*1-2,4-16H;. The molecule has 0 aliphatic rings. The first-order valence-corrected chi connectivity index (χ1v) is 33.6. The summed E-state index contributed by atoms with van der Waals surface area (Å²) in [6.45, 7) is 0. The molecule has 0 spiro atoms. The van der Waals surface area contributed by atoms with Gasteiger partial charge in [-0.25, -0.2) is 0 Å². The SMILES string of the molecule is C(=C(c1ccccc1)c1cc[c]([Sn]([c]2ccc(C(=Cc3ccccc3)c3ccccc3)cc2)([c]2ccc(C(=Cc3ccccc3)c3ccccc3)cc2)[c]2ccc(C(=Cc3ccccc3)c3ccccc3)cc2)cc1)c1ccccc1. The van der Waals surface area contributed by atoms with Crippen LogP contribution in [0.1, 0.15) is 66.8 Å². The van der Waals surface area contributed by atoms with E-state index in [-0.39, 0.29) is 0 Å². The van der Waals surface area contributed by atoms with Gasteiger partial charge in [0, 0.05) is 0 Å². The number of hydrogen-bond donors (Lipinski definition) is 0. The van der Waals surface area contributed by atoms with E-state index < -0.39 is 18.4 Å². The molecule has 0 radical (unpaired) electrons. The van der Waals surface area contributed by atoms with Crippen molar-refractivity contribution in [2.75, 3.05) is 0 Å². The molecule has 12 aromatic carbocycles. The Labute approximate surface area is 482 Å². The topological polar surface area (TPSA) is 0 Å². The van der Waals surface area contributed by atoms with Gasteiger partial charge in [0.1, 0.15) is 0 Å². The summed E-state index contributed by atoms with van der Waals surface area (Å²) in [4.78, 5) is 0. The monoisotopic (exact) mass is 1140 g/mol. The maximum atomic E-state index is 2.46. The third-order valence-corrected chi connectivity index (χ3v) is 29.0. The van der Waals surface area contributed by atoms with Crippen molar-refractivity contribution < 1.29 is 0 Å². The summed E-state index contributed by atoms with van der Waals surface area (Å²) < 4.78 is 5.45. The van der Waals surface area contributed by atoms with Crippen molar-refractivity contribution in [1.29, 1.82) is 0 Å². The molecule has 0 aliphatic heterocycles. The van der Waals surface area contributed by atoms with E-state index >= 15 is 0 Å². The normalized spacial score (nSPS) is 12.8. The fourth-order valence-corrected chi connectivity index (χ4v) is 24.6. The van der Waals surface area contributed by atoms with Crippen LogP contribution in [-0.2, 0) is 0 Å². The predicted molar refractivity (Wildman–Crippen MR) is 349 cm³/mol. The third kappa shape index (κ3) is 11.9. The van der Waals surface area contributed by atoms with Crippen LogP contribution in [0.2, 0.25) is 0 Å². The Morgan fingerprint density at radius 2 is 0.309 bits per heavy atom. The minimum absolute atomic E-state index is 1.16. The number of benzene rings is 12. The molecule has 12 rings (SSSR count). The summed E-state index contributed by atoms with van der Waals surface area (Å²) in [7, 11) is 0. The van der Waals surface area contributed by atoms with Crippen molar-refractivity contribution in [2.24, 2.45) is 0 Å². The molecule has 0 saturated heterocycles. The molecule has 0 unspecified atom stereocenters. The number of hydrogen-bond acceptors (Lipinski definition) is 0. The van der Waals surface area contributed by atoms with Gasteiger partial charge in [0.15, 0.2) is 0 Å². The van der Waals surface area contributed by atoms with Crippen LogP contribution in [0.25, 0.3) is 46.6 Å². The molecular formula is C80H60Sn. The Morgan fingerprint density at radius 1 is 0.160 bits per heavy atom. The molecule has 0 nitrogen and oxygen atoms in total. The van der Waals surface area contributed by atoms with E-state index in [4.69, 9.17) is 0 Å². The summed E-state index contributed by atoms with van der Waals surface area (Å²) in [6, 6.07) is 125. The quantitative estimate of drug-likeness (QED) is 0.0668. The molecule has 0 heterocycles. The molecule has 384 valence electrons. The van der Waals surface area contributed by atoms with E-state index in [2.05, 4.69) is 364 Å². The van der Waals surface area contributed by atoms with Crippen molar-refractivity contribution in [2.45, 2.75) is 0 Å². The first kappa shape index (κ1) is 52.1. The number of rotatable bonds is 16. The van der Waals surface area contributed by atoms with Crippen molar-refractivity contribution in [3.05, 3.63) is 406 Å². The minimum atomic E-state index is -4.46. The van der Waals surface area contributed by atoms with Gasteiger partial charge in [0.25, 0.3) is 0 Å². The first-order chi connectivity index (χ1) is 40.2. The predicted octanol–water partition coefficient (Wildman–Crippen LogP) is 17.4. The van der Waals surface area contributed by atoms with Gasteiger partial charge in [-0.05, 0) is 0 Å². The second-order valence-corrected chi connectivity index (χ2v) is 31.3. The van der Waals surface area contributed by atoms with Crippen molar-refractivity contribution in [3.63, 3.8) is 0 Å². The van der Waals surface area contributed by atoms with E-state index in [1.807, 2.05) is 0 Å². The van der Waals surface area contributed by atoms with Gasteiger partial charge in [-0.3, -0.25) is 0 Å². The van der Waals surface area contributed by atoms with E-state index in [1.54, 1.807) is 0 Å². The Morgan fingerprint density at radius 3 is 0.481 bits per heavy atom. The van der Waals surface area contributed by atoms with E-state index in [0.717, 1.165) is 22.3 Å². The van der Waals surface area contributed by atoms with E-state index in [9.17, 15) is 0 Å². The maximum absolute atomic E-state index is 4.46. The Balaban J connectivity index is 1.09. The van der Waals surface area contributed by atoms with Crippen molar-refractivity contribution in [3.8, 4) is 0 Å². The van der Waals surface area contributed by atoms with Crippen LogP contribution in [-0.4, -0.2) is 18.4 Å². The van der Waals surface area contributed by atoms with E-state index in [1.165, 1.54) is 81.1 Å². The van der Waals surface area contributed by atoms with E-state index in [0.29, 0.717) is 0 Å². The zero-order valence-corrected chi connectivity index (χ0v) is 48.0. The molecule has 12 aromatic rings. The van der Waals surface area contributed by atoms with Gasteiger partial charge in [0.05, 0.1) is 0 Å². The Kier molecular flexibility index (Phi) is 16.1. The second kappa shape index (κ2) is 25.0. The van der Waals surface area contributed by atoms with Gasteiger partial charge in [-0.1, -0.05) is 0 Å². The van der Waals surface area contributed by atoms with Gasteiger partial charge < -0.3 is 0 Å². The van der Waals surface area contributed by atoms with Gasteiger partial charge in [0.2, 0.25) is 0 Å². The van der Waals surface area contributed by atoms with Crippen LogP contribution >= 0.6 is 0 Å². The van der Waals surface area contributed by atoms with Crippen LogP contribution in [0.4, 0.5) is 0 Å². The van der Waals surface area contributed by atoms with Crippen LogP contribution in [0.5, 0.6) is 0 Å². The molecule has 81 heavy (non-hydrogen) atoms. The zero-order valence-electron chi connectivity index (χ0n) is 45.1. The molecule has 0 N–H and O–H groups in total. The Hall–Kier alpha value is -9.60. The molecule has 0 atom stereocenters. The fourth-order valence-electron chi connectivity index (χ4n) is 11.3. The molecule has 1 heteroatoms. The van der Waals surface area contributed by atoms with Gasteiger partial charge >= 0.3 is 486 Å². The summed E-state index contributed by atoms with van der Waals surface area (Å²) in [6.07, 6.45) is 9.30. The molecular weight excluding hydrogens is 1080 g/mol. The molecule has 0 amide bonds. The van der Waals surface area contributed by atoms with Crippen molar-refractivity contribution in [1.82, 2.24) is 0 Å². The zero-order chi connectivity index (χ0) is 54.5. The van der Waals surface area contributed by atoms with Gasteiger partial charge in [-0.15, -0.1) is 0 Å². The van der Waals surface area contributed by atoms with Crippen LogP contribution in [0.3, 0.4) is 0 Å². The van der Waals surface area contributed by atoms with Crippen LogP contribution in [0.15, 0.2) is 340 Å². The fraction of sp³-hybridized carbons (Fsp3) is 0. The third-order valence-electron chi connectivity index (χ3n) is 15.3. The summed E-state index contributed by atoms with van der Waals surface area (Å²) >= 11 is -4.46. The van der Waals surface area contributed by atoms with Crippen molar-refractivity contribution >= 4 is 79.3 Å². The second-order valence-electron chi connectivity index (χ2n) is 20.4. The molecule has 0 aromatic heterocycles. The average molecular weight is 1140 g/mol. The molecule has 0 saturated carbocycles. The Bertz CT molecular complexity index is 3520. The van der Waals surface area contributed by atoms with Crippen LogP contribution < -0.4 is 14.3 Å². The molecule has 0 fully saturated rings. The molecule has 0 bridgehead atoms. The van der Waals surface area contributed by atoms with Crippen LogP contribution in [0, 0.1) is 0 Å². The van der Waals surface area contributed by atoms with Gasteiger partial charge in [-0.2, -0.15) is 0 Å². The summed E-state index contributed by atoms with van der Waals surface area (Å²) in [5.41, 5.74) is 18.8. The summed E-state index contributed by atoms with van der Waals surface area (Å²) in [5.74, 6) is 0. The first-order valence-electron chi connectivity index (χ1n) is 27.9. The summed E-state index contributed by atoms with van der Waals surface area (Å²) in [5, 5.41) is 0.